The second-order valence-electron chi connectivity index (χ2n) is 5.21. The van der Waals surface area contributed by atoms with Gasteiger partial charge in [-0.05, 0) is 45.4 Å². The molecule has 1 rings (SSSR count). The summed E-state index contributed by atoms with van der Waals surface area (Å²) in [5.74, 6) is 6.35. The van der Waals surface area contributed by atoms with Gasteiger partial charge in [-0.1, -0.05) is 35.6 Å². The number of benzene rings is 1. The van der Waals surface area contributed by atoms with Crippen LogP contribution in [0.3, 0.4) is 0 Å². The summed E-state index contributed by atoms with van der Waals surface area (Å²) in [7, 11) is 0. The van der Waals surface area contributed by atoms with Crippen LogP contribution in [-0.4, -0.2) is 6.54 Å². The highest BCUT2D eigenvalue weighted by atomic mass is 35.5. The van der Waals surface area contributed by atoms with Crippen molar-refractivity contribution in [3.05, 3.63) is 34.9 Å². The third kappa shape index (κ3) is 5.77. The third-order valence-corrected chi connectivity index (χ3v) is 2.58. The molecule has 0 unspecified atom stereocenters. The second-order valence-corrected chi connectivity index (χ2v) is 5.64. The number of hydrogen-bond donors (Lipinski definition) is 1. The first-order valence-electron chi connectivity index (χ1n) is 5.87. The zero-order chi connectivity index (χ0) is 12.9. The number of halogens is 1. The summed E-state index contributed by atoms with van der Waals surface area (Å²) in [4.78, 5) is 0. The molecule has 0 spiro atoms. The van der Waals surface area contributed by atoms with E-state index in [4.69, 9.17) is 11.6 Å². The van der Waals surface area contributed by atoms with Crippen LogP contribution in [0, 0.1) is 17.3 Å². The molecule has 0 fully saturated rings. The van der Waals surface area contributed by atoms with Crippen molar-refractivity contribution in [3.8, 4) is 11.8 Å². The van der Waals surface area contributed by atoms with Crippen LogP contribution in [-0.2, 0) is 0 Å². The lowest BCUT2D eigenvalue weighted by Crippen LogP contribution is -2.19. The lowest BCUT2D eigenvalue weighted by molar-refractivity contribution is 0.568. The minimum atomic E-state index is 0.0746. The summed E-state index contributed by atoms with van der Waals surface area (Å²) in [6.45, 7) is 9.18. The maximum Gasteiger partial charge on any atom is 0.0581 e. The minimum Gasteiger partial charge on any atom is -0.300 e. The van der Waals surface area contributed by atoms with Gasteiger partial charge >= 0.3 is 0 Å². The van der Waals surface area contributed by atoms with Crippen LogP contribution in [0.15, 0.2) is 24.3 Å². The van der Waals surface area contributed by atoms with Gasteiger partial charge in [-0.2, -0.15) is 0 Å². The molecule has 0 heterocycles. The van der Waals surface area contributed by atoms with Gasteiger partial charge in [0.25, 0.3) is 0 Å². The van der Waals surface area contributed by atoms with Gasteiger partial charge in [0.2, 0.25) is 0 Å². The Morgan fingerprint density at radius 2 is 1.82 bits per heavy atom. The molecule has 1 nitrogen and oxygen atoms in total. The maximum absolute atomic E-state index is 5.85. The van der Waals surface area contributed by atoms with Gasteiger partial charge in [0, 0.05) is 16.5 Å². The molecule has 1 aromatic rings. The van der Waals surface area contributed by atoms with Crippen LogP contribution in [0.1, 0.15) is 39.3 Å². The molecule has 0 aromatic heterocycles. The Morgan fingerprint density at radius 3 is 2.35 bits per heavy atom. The van der Waals surface area contributed by atoms with Crippen molar-refractivity contribution in [1.29, 1.82) is 0 Å². The maximum atomic E-state index is 5.85. The Morgan fingerprint density at radius 1 is 1.24 bits per heavy atom. The molecule has 1 aromatic carbocycles. The van der Waals surface area contributed by atoms with Crippen LogP contribution < -0.4 is 5.32 Å². The van der Waals surface area contributed by atoms with Gasteiger partial charge in [-0.15, -0.1) is 0 Å². The molecule has 0 aliphatic heterocycles. The quantitative estimate of drug-likeness (QED) is 0.798. The average molecular weight is 250 g/mol. The van der Waals surface area contributed by atoms with Gasteiger partial charge in [0.05, 0.1) is 6.54 Å². The van der Waals surface area contributed by atoms with E-state index in [1.807, 2.05) is 24.3 Å². The predicted molar refractivity (Wildman–Crippen MR) is 75.1 cm³/mol. The largest absolute Gasteiger partial charge is 0.300 e. The molecule has 17 heavy (non-hydrogen) atoms. The Balaban J connectivity index is 2.47. The number of rotatable bonds is 3. The summed E-state index contributed by atoms with van der Waals surface area (Å²) in [6.07, 6.45) is 0. The first kappa shape index (κ1) is 14.1. The molecule has 0 saturated carbocycles. The lowest BCUT2D eigenvalue weighted by atomic mass is 9.98. The molecule has 92 valence electrons. The van der Waals surface area contributed by atoms with Gasteiger partial charge in [0.15, 0.2) is 0 Å². The molecule has 0 saturated heterocycles. The number of hydrogen-bond acceptors (Lipinski definition) is 1. The van der Waals surface area contributed by atoms with Gasteiger partial charge in [-0.25, -0.2) is 0 Å². The topological polar surface area (TPSA) is 12.0 Å². The molecule has 0 aliphatic carbocycles. The van der Waals surface area contributed by atoms with Crippen molar-refractivity contribution in [2.24, 2.45) is 5.41 Å². The molecule has 2 heteroatoms. The first-order chi connectivity index (χ1) is 7.88. The Bertz CT molecular complexity index is 403. The molecular weight excluding hydrogens is 230 g/mol. The van der Waals surface area contributed by atoms with E-state index in [1.165, 1.54) is 5.56 Å². The molecule has 0 radical (unpaired) electrons. The fourth-order valence-electron chi connectivity index (χ4n) is 1.38. The highest BCUT2D eigenvalue weighted by molar-refractivity contribution is 6.30. The van der Waals surface area contributed by atoms with Crippen molar-refractivity contribution in [2.75, 3.05) is 6.54 Å². The fourth-order valence-corrected chi connectivity index (χ4v) is 1.51. The lowest BCUT2D eigenvalue weighted by Gasteiger charge is -2.12. The Hall–Kier alpha value is -0.970. The second kappa shape index (κ2) is 6.10. The SMILES string of the molecule is C[C@H](NCC#CC(C)(C)C)c1ccc(Cl)cc1. The van der Waals surface area contributed by atoms with Crippen LogP contribution >= 0.6 is 11.6 Å². The van der Waals surface area contributed by atoms with Gasteiger partial charge in [0.1, 0.15) is 0 Å². The minimum absolute atomic E-state index is 0.0746. The van der Waals surface area contributed by atoms with Crippen LogP contribution in [0.2, 0.25) is 5.02 Å². The van der Waals surface area contributed by atoms with E-state index in [0.29, 0.717) is 12.6 Å². The fraction of sp³-hybridized carbons (Fsp3) is 0.467. The summed E-state index contributed by atoms with van der Waals surface area (Å²) >= 11 is 5.85. The summed E-state index contributed by atoms with van der Waals surface area (Å²) < 4.78 is 0. The van der Waals surface area contributed by atoms with E-state index < -0.39 is 0 Å². The Labute approximate surface area is 110 Å². The van der Waals surface area contributed by atoms with E-state index in [-0.39, 0.29) is 5.41 Å². The molecule has 1 N–H and O–H groups in total. The van der Waals surface area contributed by atoms with E-state index in [0.717, 1.165) is 5.02 Å². The molecule has 0 bridgehead atoms. The summed E-state index contributed by atoms with van der Waals surface area (Å²) in [5.41, 5.74) is 1.30. The predicted octanol–water partition coefficient (Wildman–Crippen LogP) is 4.04. The summed E-state index contributed by atoms with van der Waals surface area (Å²) in [5, 5.41) is 4.15. The third-order valence-electron chi connectivity index (χ3n) is 2.33. The molecule has 0 aliphatic rings. The highest BCUT2D eigenvalue weighted by Crippen LogP contribution is 2.15. The van der Waals surface area contributed by atoms with Crippen molar-refractivity contribution < 1.29 is 0 Å². The first-order valence-corrected chi connectivity index (χ1v) is 6.25. The number of nitrogens with one attached hydrogen (secondary N) is 1. The standard InChI is InChI=1S/C15H20ClN/c1-12(13-6-8-14(16)9-7-13)17-11-5-10-15(2,3)4/h6-9,12,17H,11H2,1-4H3/t12-/m0/s1. The molecule has 0 amide bonds. The van der Waals surface area contributed by atoms with Crippen LogP contribution in [0.4, 0.5) is 0 Å². The van der Waals surface area contributed by atoms with Gasteiger partial charge in [-0.3, -0.25) is 5.32 Å². The van der Waals surface area contributed by atoms with E-state index in [9.17, 15) is 0 Å². The van der Waals surface area contributed by atoms with Crippen LogP contribution in [0.5, 0.6) is 0 Å². The average Bonchev–Trinajstić information content (AvgIpc) is 2.24. The zero-order valence-electron chi connectivity index (χ0n) is 11.0. The monoisotopic (exact) mass is 249 g/mol. The molecule has 1 atom stereocenters. The zero-order valence-corrected chi connectivity index (χ0v) is 11.7. The van der Waals surface area contributed by atoms with Crippen molar-refractivity contribution >= 4 is 11.6 Å². The molecular formula is C15H20ClN. The van der Waals surface area contributed by atoms with Crippen molar-refractivity contribution in [1.82, 2.24) is 5.32 Å². The van der Waals surface area contributed by atoms with E-state index >= 15 is 0 Å². The van der Waals surface area contributed by atoms with Gasteiger partial charge < -0.3 is 0 Å². The smallest absolute Gasteiger partial charge is 0.0581 e. The highest BCUT2D eigenvalue weighted by Gasteiger charge is 2.04. The van der Waals surface area contributed by atoms with Crippen LogP contribution in [0.25, 0.3) is 0 Å². The van der Waals surface area contributed by atoms with E-state index in [2.05, 4.69) is 44.9 Å². The van der Waals surface area contributed by atoms with Crippen molar-refractivity contribution in [3.63, 3.8) is 0 Å². The Kier molecular flexibility index (Phi) is 5.05. The summed E-state index contributed by atoms with van der Waals surface area (Å²) in [6, 6.07) is 8.20. The van der Waals surface area contributed by atoms with Crippen molar-refractivity contribution in [2.45, 2.75) is 33.7 Å². The van der Waals surface area contributed by atoms with E-state index in [1.54, 1.807) is 0 Å². The normalized spacial score (nSPS) is 12.8.